The average Bonchev–Trinajstić information content (AvgIpc) is 2.15. The van der Waals surface area contributed by atoms with Crippen LogP contribution in [0.25, 0.3) is 0 Å². The third-order valence-corrected chi connectivity index (χ3v) is 2.07. The molecule has 1 rings (SSSR count). The molecule has 0 unspecified atom stereocenters. The van der Waals surface area contributed by atoms with Gasteiger partial charge >= 0.3 is 18.5 Å². The molecule has 0 bridgehead atoms. The second-order valence-corrected chi connectivity index (χ2v) is 3.61. The number of alkyl halides is 8. The molecule has 1 aromatic carbocycles. The van der Waals surface area contributed by atoms with Crippen LogP contribution in [0.3, 0.4) is 0 Å². The molecule has 0 aliphatic heterocycles. The van der Waals surface area contributed by atoms with E-state index in [-0.39, 0.29) is 0 Å². The molecule has 0 aromatic heterocycles. The number of ether oxygens (including phenoxy) is 1. The van der Waals surface area contributed by atoms with Gasteiger partial charge in [0.1, 0.15) is 0 Å². The number of para-hydroxylation sites is 1. The molecule has 0 amide bonds. The molecule has 0 atom stereocenters. The Labute approximate surface area is 105 Å². The second kappa shape index (κ2) is 5.06. The highest BCUT2D eigenvalue weighted by Gasteiger charge is 2.71. The molecule has 0 radical (unpaired) electrons. The van der Waals surface area contributed by atoms with Gasteiger partial charge in [0.2, 0.25) is 0 Å². The molecule has 10 heteroatoms. The maximum absolute atomic E-state index is 13.1. The van der Waals surface area contributed by atoms with Crippen LogP contribution in [0.5, 0.6) is 5.75 Å². The van der Waals surface area contributed by atoms with Crippen molar-refractivity contribution in [2.75, 3.05) is 0 Å². The van der Waals surface area contributed by atoms with Crippen molar-refractivity contribution in [2.45, 2.75) is 18.5 Å². The monoisotopic (exact) mass is 312 g/mol. The summed E-state index contributed by atoms with van der Waals surface area (Å²) in [4.78, 5) is 0. The molecular formula is C10H5F9O. The molecule has 0 saturated carbocycles. The highest BCUT2D eigenvalue weighted by molar-refractivity contribution is 5.24. The van der Waals surface area contributed by atoms with Crippen LogP contribution in [0.1, 0.15) is 0 Å². The van der Waals surface area contributed by atoms with Gasteiger partial charge in [-0.15, -0.1) is 0 Å². The number of hydrogen-bond acceptors (Lipinski definition) is 1. The topological polar surface area (TPSA) is 9.23 Å². The summed E-state index contributed by atoms with van der Waals surface area (Å²) in [5.74, 6) is -8.01. The molecule has 1 aromatic rings. The van der Waals surface area contributed by atoms with Crippen LogP contribution in [-0.4, -0.2) is 18.5 Å². The van der Waals surface area contributed by atoms with Crippen molar-refractivity contribution in [1.29, 1.82) is 0 Å². The fourth-order valence-corrected chi connectivity index (χ4v) is 1.30. The van der Waals surface area contributed by atoms with Gasteiger partial charge < -0.3 is 4.74 Å². The summed E-state index contributed by atoms with van der Waals surface area (Å²) in [6.45, 7) is 0. The van der Waals surface area contributed by atoms with Crippen LogP contribution in [0.4, 0.5) is 39.5 Å². The smallest absolute Gasteiger partial charge is 0.418 e. The zero-order valence-electron chi connectivity index (χ0n) is 9.20. The summed E-state index contributed by atoms with van der Waals surface area (Å²) in [5, 5.41) is 0. The highest BCUT2D eigenvalue weighted by Crippen LogP contribution is 2.48. The van der Waals surface area contributed by atoms with Crippen LogP contribution >= 0.6 is 0 Å². The summed E-state index contributed by atoms with van der Waals surface area (Å²) in [5.41, 5.74) is 0. The molecule has 0 fully saturated rings. The van der Waals surface area contributed by atoms with Crippen LogP contribution in [0.2, 0.25) is 0 Å². The van der Waals surface area contributed by atoms with E-state index in [1.807, 2.05) is 0 Å². The third kappa shape index (κ3) is 3.70. The van der Waals surface area contributed by atoms with Crippen molar-refractivity contribution in [2.24, 2.45) is 5.92 Å². The molecule has 0 spiro atoms. The Hall–Kier alpha value is -1.61. The summed E-state index contributed by atoms with van der Waals surface area (Å²) in [6.07, 6.45) is -18.3. The van der Waals surface area contributed by atoms with Gasteiger partial charge in [-0.2, -0.15) is 35.1 Å². The lowest BCUT2D eigenvalue weighted by Gasteiger charge is -2.29. The van der Waals surface area contributed by atoms with Crippen LogP contribution in [-0.2, 0) is 0 Å². The van der Waals surface area contributed by atoms with Crippen LogP contribution in [0.15, 0.2) is 24.3 Å². The molecule has 0 heterocycles. The maximum atomic E-state index is 13.1. The first-order valence-electron chi connectivity index (χ1n) is 4.80. The lowest BCUT2D eigenvalue weighted by atomic mass is 10.1. The van der Waals surface area contributed by atoms with Crippen molar-refractivity contribution in [3.63, 3.8) is 0 Å². The fraction of sp³-hybridized carbons (Fsp3) is 0.400. The Morgan fingerprint density at radius 2 is 1.25 bits per heavy atom. The minimum Gasteiger partial charge on any atom is -0.429 e. The average molecular weight is 312 g/mol. The van der Waals surface area contributed by atoms with E-state index >= 15 is 0 Å². The maximum Gasteiger partial charge on any atom is 0.418 e. The van der Waals surface area contributed by atoms with E-state index in [2.05, 4.69) is 4.74 Å². The van der Waals surface area contributed by atoms with Gasteiger partial charge in [0, 0.05) is 0 Å². The first-order valence-corrected chi connectivity index (χ1v) is 4.80. The van der Waals surface area contributed by atoms with Gasteiger partial charge in [-0.3, -0.25) is 0 Å². The number of halogens is 9. The summed E-state index contributed by atoms with van der Waals surface area (Å²) in [7, 11) is 0. The van der Waals surface area contributed by atoms with E-state index in [0.717, 1.165) is 12.1 Å². The van der Waals surface area contributed by atoms with E-state index in [1.165, 1.54) is 0 Å². The van der Waals surface area contributed by atoms with Gasteiger partial charge in [-0.1, -0.05) is 12.1 Å². The minimum atomic E-state index is -6.31. The Balaban J connectivity index is 3.16. The quantitative estimate of drug-likeness (QED) is 0.745. The van der Waals surface area contributed by atoms with Gasteiger partial charge in [-0.25, -0.2) is 4.39 Å². The predicted octanol–water partition coefficient (Wildman–Crippen LogP) is 4.54. The van der Waals surface area contributed by atoms with Crippen LogP contribution < -0.4 is 4.74 Å². The first kappa shape index (κ1) is 16.4. The molecule has 1 nitrogen and oxygen atoms in total. The largest absolute Gasteiger partial charge is 0.429 e. The van der Waals surface area contributed by atoms with E-state index in [0.29, 0.717) is 12.1 Å². The van der Waals surface area contributed by atoms with E-state index in [9.17, 15) is 39.5 Å². The fourth-order valence-electron chi connectivity index (χ4n) is 1.30. The van der Waals surface area contributed by atoms with Crippen LogP contribution in [0, 0.1) is 11.7 Å². The zero-order chi connectivity index (χ0) is 15.8. The Kier molecular flexibility index (Phi) is 4.16. The number of benzene rings is 1. The van der Waals surface area contributed by atoms with E-state index in [4.69, 9.17) is 0 Å². The summed E-state index contributed by atoms with van der Waals surface area (Å²) >= 11 is 0. The molecule has 0 saturated heterocycles. The number of rotatable bonds is 3. The molecule has 0 aliphatic carbocycles. The van der Waals surface area contributed by atoms with Gasteiger partial charge in [0.15, 0.2) is 11.6 Å². The SMILES string of the molecule is Fc1ccccc1OC(F)(F)C(C(F)(F)F)C(F)(F)F. The van der Waals surface area contributed by atoms with Crippen molar-refractivity contribution in [3.05, 3.63) is 30.1 Å². The Morgan fingerprint density at radius 3 is 1.65 bits per heavy atom. The van der Waals surface area contributed by atoms with Gasteiger partial charge in [-0.05, 0) is 12.1 Å². The standard InChI is InChI=1S/C10H5F9O/c11-5-3-1-2-4-6(5)20-10(18,19)7(8(12,13)14)9(15,16)17/h1-4,7H. The molecule has 114 valence electrons. The predicted molar refractivity (Wildman–Crippen MR) is 47.6 cm³/mol. The number of hydrogen-bond donors (Lipinski definition) is 0. The Morgan fingerprint density at radius 1 is 0.800 bits per heavy atom. The van der Waals surface area contributed by atoms with Crippen molar-refractivity contribution in [1.82, 2.24) is 0 Å². The lowest BCUT2D eigenvalue weighted by molar-refractivity contribution is -0.379. The van der Waals surface area contributed by atoms with Crippen molar-refractivity contribution >= 4 is 0 Å². The molecule has 0 N–H and O–H groups in total. The normalized spacial score (nSPS) is 13.7. The zero-order valence-corrected chi connectivity index (χ0v) is 9.20. The van der Waals surface area contributed by atoms with Crippen molar-refractivity contribution in [3.8, 4) is 5.75 Å². The Bertz CT molecular complexity index is 449. The van der Waals surface area contributed by atoms with Gasteiger partial charge in [0.05, 0.1) is 0 Å². The minimum absolute atomic E-state index is 0.479. The van der Waals surface area contributed by atoms with Crippen molar-refractivity contribution < 1.29 is 44.3 Å². The summed E-state index contributed by atoms with van der Waals surface area (Å²) < 4.78 is 115. The highest BCUT2D eigenvalue weighted by atomic mass is 19.4. The molecule has 20 heavy (non-hydrogen) atoms. The first-order chi connectivity index (χ1) is 8.86. The lowest BCUT2D eigenvalue weighted by Crippen LogP contribution is -2.51. The van der Waals surface area contributed by atoms with E-state index < -0.39 is 35.9 Å². The summed E-state index contributed by atoms with van der Waals surface area (Å²) in [6, 6.07) is 2.92. The molecular weight excluding hydrogens is 307 g/mol. The third-order valence-electron chi connectivity index (χ3n) is 2.07. The molecule has 0 aliphatic rings. The van der Waals surface area contributed by atoms with E-state index in [1.54, 1.807) is 0 Å². The second-order valence-electron chi connectivity index (χ2n) is 3.61. The van der Waals surface area contributed by atoms with Gasteiger partial charge in [0.25, 0.3) is 5.92 Å².